The van der Waals surface area contributed by atoms with Gasteiger partial charge in [0, 0.05) is 29.5 Å². The van der Waals surface area contributed by atoms with Crippen molar-refractivity contribution in [3.8, 4) is 22.9 Å². The molecule has 0 saturated carbocycles. The van der Waals surface area contributed by atoms with E-state index < -0.39 is 0 Å². The average Bonchev–Trinajstić information content (AvgIpc) is 3.60. The van der Waals surface area contributed by atoms with Gasteiger partial charge in [-0.25, -0.2) is 0 Å². The zero-order valence-corrected chi connectivity index (χ0v) is 23.4. The van der Waals surface area contributed by atoms with Crippen molar-refractivity contribution in [2.24, 2.45) is 0 Å². The van der Waals surface area contributed by atoms with E-state index in [0.717, 1.165) is 40.0 Å². The fourth-order valence-electron chi connectivity index (χ4n) is 5.13. The summed E-state index contributed by atoms with van der Waals surface area (Å²) in [6, 6.07) is 32.1. The van der Waals surface area contributed by atoms with Crippen LogP contribution in [-0.4, -0.2) is 21.8 Å². The van der Waals surface area contributed by atoms with Gasteiger partial charge in [0.2, 0.25) is 0 Å². The van der Waals surface area contributed by atoms with E-state index in [-0.39, 0.29) is 12.1 Å². The molecule has 1 aliphatic heterocycles. The van der Waals surface area contributed by atoms with Crippen LogP contribution in [0.1, 0.15) is 34.6 Å². The predicted molar refractivity (Wildman–Crippen MR) is 163 cm³/mol. The molecule has 3 aromatic carbocycles. The molecule has 6 rings (SSSR count). The third-order valence-electron chi connectivity index (χ3n) is 7.36. The van der Waals surface area contributed by atoms with E-state index in [2.05, 4.69) is 65.2 Å². The lowest BCUT2D eigenvalue weighted by molar-refractivity contribution is 0.413. The summed E-state index contributed by atoms with van der Waals surface area (Å²) in [6.07, 6.45) is 3.94. The average molecular weight is 547 g/mol. The number of nitrogens with one attached hydrogen (secondary N) is 1. The van der Waals surface area contributed by atoms with Crippen molar-refractivity contribution in [2.75, 3.05) is 12.0 Å². The predicted octanol–water partition coefficient (Wildman–Crippen LogP) is 7.47. The van der Waals surface area contributed by atoms with E-state index in [1.165, 1.54) is 11.1 Å². The Balaban J connectivity index is 1.37. The van der Waals surface area contributed by atoms with Gasteiger partial charge in [0.05, 0.1) is 18.8 Å². The Morgan fingerprint density at radius 1 is 0.775 bits per heavy atom. The van der Waals surface area contributed by atoms with Crippen molar-refractivity contribution in [2.45, 2.75) is 25.9 Å². The van der Waals surface area contributed by atoms with Crippen molar-refractivity contribution in [1.82, 2.24) is 14.9 Å². The van der Waals surface area contributed by atoms with Crippen LogP contribution in [0.4, 0.5) is 5.69 Å². The third kappa shape index (κ3) is 4.92. The molecule has 200 valence electrons. The van der Waals surface area contributed by atoms with Crippen LogP contribution in [0.5, 0.6) is 17.2 Å². The maximum absolute atomic E-state index is 6.07. The van der Waals surface area contributed by atoms with Crippen LogP contribution in [-0.2, 0) is 0 Å². The molecule has 1 aliphatic rings. The lowest BCUT2D eigenvalue weighted by atomic mass is 10.0. The molecule has 7 heteroatoms. The fourth-order valence-corrected chi connectivity index (χ4v) is 5.48. The Labute approximate surface area is 239 Å². The van der Waals surface area contributed by atoms with E-state index in [0.29, 0.717) is 5.11 Å². The number of ether oxygens (including phenoxy) is 2. The molecule has 1 saturated heterocycles. The first kappa shape index (κ1) is 25.6. The quantitative estimate of drug-likeness (QED) is 0.214. The molecule has 2 aromatic heterocycles. The van der Waals surface area contributed by atoms with E-state index in [9.17, 15) is 0 Å². The lowest BCUT2D eigenvalue weighted by Gasteiger charge is -2.29. The van der Waals surface area contributed by atoms with Gasteiger partial charge >= 0.3 is 0 Å². The summed E-state index contributed by atoms with van der Waals surface area (Å²) in [5.74, 6) is 2.27. The van der Waals surface area contributed by atoms with Crippen molar-refractivity contribution in [1.29, 1.82) is 0 Å². The first-order valence-electron chi connectivity index (χ1n) is 13.2. The van der Waals surface area contributed by atoms with E-state index in [1.54, 1.807) is 7.11 Å². The molecule has 0 amide bonds. The highest BCUT2D eigenvalue weighted by Crippen LogP contribution is 2.42. The molecule has 0 radical (unpaired) electrons. The van der Waals surface area contributed by atoms with E-state index in [4.69, 9.17) is 26.7 Å². The zero-order valence-electron chi connectivity index (χ0n) is 22.6. The molecule has 0 bridgehead atoms. The second kappa shape index (κ2) is 10.9. The lowest BCUT2D eigenvalue weighted by Crippen LogP contribution is -2.30. The Kier molecular flexibility index (Phi) is 6.97. The van der Waals surface area contributed by atoms with E-state index in [1.807, 2.05) is 72.9 Å². The second-order valence-corrected chi connectivity index (χ2v) is 10.2. The summed E-state index contributed by atoms with van der Waals surface area (Å²) in [5.41, 5.74) is 6.66. The Hall–Kier alpha value is -4.62. The number of methoxy groups -OCH3 is 1. The summed E-state index contributed by atoms with van der Waals surface area (Å²) < 4.78 is 13.6. The van der Waals surface area contributed by atoms with Gasteiger partial charge in [0.15, 0.2) is 5.11 Å². The number of benzene rings is 3. The summed E-state index contributed by atoms with van der Waals surface area (Å²) >= 11 is 5.94. The molecule has 40 heavy (non-hydrogen) atoms. The highest BCUT2D eigenvalue weighted by atomic mass is 32.1. The van der Waals surface area contributed by atoms with Crippen LogP contribution < -0.4 is 19.7 Å². The van der Waals surface area contributed by atoms with Crippen molar-refractivity contribution in [3.63, 3.8) is 0 Å². The standard InChI is InChI=1S/C33H30N4O2S/c1-22-9-10-25(21-23(22)2)36-20-6-8-30(36)32-31(29-7-4-5-19-34-29)35-33(40)37(32)24-11-13-27(14-12-24)39-28-17-15-26(38-3)16-18-28/h4-21,31-32H,1-3H3,(H,35,40). The summed E-state index contributed by atoms with van der Waals surface area (Å²) in [6.45, 7) is 4.28. The second-order valence-electron chi connectivity index (χ2n) is 9.84. The van der Waals surface area contributed by atoms with Crippen LogP contribution in [0.25, 0.3) is 5.69 Å². The summed E-state index contributed by atoms with van der Waals surface area (Å²) in [5, 5.41) is 4.21. The van der Waals surface area contributed by atoms with Gasteiger partial charge in [-0.1, -0.05) is 12.1 Å². The maximum Gasteiger partial charge on any atom is 0.174 e. The number of pyridine rings is 1. The summed E-state index contributed by atoms with van der Waals surface area (Å²) in [4.78, 5) is 6.88. The van der Waals surface area contributed by atoms with Crippen LogP contribution in [0.2, 0.25) is 0 Å². The highest BCUT2D eigenvalue weighted by molar-refractivity contribution is 7.80. The number of hydrogen-bond acceptors (Lipinski definition) is 4. The van der Waals surface area contributed by atoms with E-state index >= 15 is 0 Å². The van der Waals surface area contributed by atoms with Gasteiger partial charge in [0.1, 0.15) is 23.3 Å². The first-order valence-corrected chi connectivity index (χ1v) is 13.6. The zero-order chi connectivity index (χ0) is 27.6. The minimum Gasteiger partial charge on any atom is -0.497 e. The maximum atomic E-state index is 6.07. The number of nitrogens with zero attached hydrogens (tertiary/aromatic N) is 3. The van der Waals surface area contributed by atoms with Gasteiger partial charge in [-0.15, -0.1) is 0 Å². The molecule has 0 aliphatic carbocycles. The Morgan fingerprint density at radius 3 is 2.15 bits per heavy atom. The van der Waals surface area contributed by atoms with Gasteiger partial charge in [-0.2, -0.15) is 0 Å². The number of aryl methyl sites for hydroxylation is 2. The Morgan fingerprint density at radius 2 is 1.48 bits per heavy atom. The minimum absolute atomic E-state index is 0.132. The molecule has 3 heterocycles. The summed E-state index contributed by atoms with van der Waals surface area (Å²) in [7, 11) is 1.65. The van der Waals surface area contributed by atoms with Crippen molar-refractivity contribution in [3.05, 3.63) is 132 Å². The number of anilines is 1. The van der Waals surface area contributed by atoms with Crippen LogP contribution in [0.15, 0.2) is 109 Å². The minimum atomic E-state index is -0.135. The Bertz CT molecular complexity index is 1630. The van der Waals surface area contributed by atoms with Crippen molar-refractivity contribution >= 4 is 23.0 Å². The monoisotopic (exact) mass is 546 g/mol. The number of thiocarbonyl (C=S) groups is 1. The van der Waals surface area contributed by atoms with Gasteiger partial charge in [-0.3, -0.25) is 4.98 Å². The van der Waals surface area contributed by atoms with Crippen molar-refractivity contribution < 1.29 is 9.47 Å². The molecule has 6 nitrogen and oxygen atoms in total. The molecule has 2 atom stereocenters. The normalized spacial score (nSPS) is 16.6. The molecular formula is C33H30N4O2S. The molecule has 0 spiro atoms. The number of aromatic nitrogens is 2. The van der Waals surface area contributed by atoms with Crippen LogP contribution in [0, 0.1) is 13.8 Å². The molecule has 1 N–H and O–H groups in total. The molecule has 5 aromatic rings. The molecular weight excluding hydrogens is 516 g/mol. The topological polar surface area (TPSA) is 51.6 Å². The molecule has 2 unspecified atom stereocenters. The fraction of sp³-hybridized carbons (Fsp3) is 0.152. The first-order chi connectivity index (χ1) is 19.5. The number of rotatable bonds is 7. The number of hydrogen-bond donors (Lipinski definition) is 1. The molecule has 1 fully saturated rings. The van der Waals surface area contributed by atoms with Crippen LogP contribution >= 0.6 is 12.2 Å². The smallest absolute Gasteiger partial charge is 0.174 e. The van der Waals surface area contributed by atoms with Gasteiger partial charge in [-0.05, 0) is 122 Å². The van der Waals surface area contributed by atoms with Gasteiger partial charge in [0.25, 0.3) is 0 Å². The third-order valence-corrected chi connectivity index (χ3v) is 7.67. The largest absolute Gasteiger partial charge is 0.497 e. The van der Waals surface area contributed by atoms with Gasteiger partial charge < -0.3 is 24.3 Å². The van der Waals surface area contributed by atoms with Crippen LogP contribution in [0.3, 0.4) is 0 Å². The highest BCUT2D eigenvalue weighted by Gasteiger charge is 2.42. The SMILES string of the molecule is COc1ccc(Oc2ccc(N3C(=S)NC(c4ccccn4)C3c3cccn3-c3ccc(C)c(C)c3)cc2)cc1.